The van der Waals surface area contributed by atoms with Crippen molar-refractivity contribution in [3.8, 4) is 0 Å². The van der Waals surface area contributed by atoms with Crippen molar-refractivity contribution in [2.45, 2.75) is 20.4 Å². The molecule has 114 valence electrons. The number of primary amides is 1. The molecule has 1 aromatic carbocycles. The number of halogens is 1. The van der Waals surface area contributed by atoms with Crippen molar-refractivity contribution in [1.29, 1.82) is 0 Å². The Morgan fingerprint density at radius 3 is 2.59 bits per heavy atom. The molecule has 1 heterocycles. The molecular formula is C16H16FN3O2. The Morgan fingerprint density at radius 1 is 1.23 bits per heavy atom. The van der Waals surface area contributed by atoms with Crippen LogP contribution in [0.1, 0.15) is 37.7 Å². The SMILES string of the molecule is Cc1cc(C(N)=O)cc(C(=O)NCc2ccc(F)c(C)c2)n1. The minimum atomic E-state index is -0.617. The van der Waals surface area contributed by atoms with Gasteiger partial charge in [0.05, 0.1) is 0 Å². The third-order valence-corrected chi connectivity index (χ3v) is 3.15. The molecule has 0 spiro atoms. The third-order valence-electron chi connectivity index (χ3n) is 3.15. The van der Waals surface area contributed by atoms with Gasteiger partial charge in [-0.1, -0.05) is 12.1 Å². The highest BCUT2D eigenvalue weighted by Crippen LogP contribution is 2.10. The molecule has 2 aromatic rings. The minimum Gasteiger partial charge on any atom is -0.366 e. The van der Waals surface area contributed by atoms with E-state index in [1.807, 2.05) is 0 Å². The number of hydrogen-bond donors (Lipinski definition) is 2. The second kappa shape index (κ2) is 6.34. The van der Waals surface area contributed by atoms with Crippen molar-refractivity contribution in [1.82, 2.24) is 10.3 Å². The molecule has 1 aromatic heterocycles. The summed E-state index contributed by atoms with van der Waals surface area (Å²) >= 11 is 0. The summed E-state index contributed by atoms with van der Waals surface area (Å²) < 4.78 is 13.2. The standard InChI is InChI=1S/C16H16FN3O2/c1-9-5-11(3-4-13(9)17)8-19-16(22)14-7-12(15(18)21)6-10(2)20-14/h3-7H,8H2,1-2H3,(H2,18,21)(H,19,22). The Morgan fingerprint density at radius 2 is 1.95 bits per heavy atom. The first-order chi connectivity index (χ1) is 10.4. The summed E-state index contributed by atoms with van der Waals surface area (Å²) in [6, 6.07) is 7.48. The number of nitrogens with two attached hydrogens (primary N) is 1. The van der Waals surface area contributed by atoms with Crippen LogP contribution in [0.25, 0.3) is 0 Å². The van der Waals surface area contributed by atoms with E-state index >= 15 is 0 Å². The molecule has 0 saturated carbocycles. The number of aromatic nitrogens is 1. The van der Waals surface area contributed by atoms with E-state index in [1.165, 1.54) is 18.2 Å². The van der Waals surface area contributed by atoms with Crippen molar-refractivity contribution in [3.05, 3.63) is 64.2 Å². The predicted molar refractivity (Wildman–Crippen MR) is 79.8 cm³/mol. The van der Waals surface area contributed by atoms with Crippen molar-refractivity contribution in [2.75, 3.05) is 0 Å². The van der Waals surface area contributed by atoms with E-state index in [0.29, 0.717) is 11.3 Å². The van der Waals surface area contributed by atoms with E-state index in [4.69, 9.17) is 5.73 Å². The van der Waals surface area contributed by atoms with Crippen LogP contribution in [0.15, 0.2) is 30.3 Å². The van der Waals surface area contributed by atoms with Gasteiger partial charge in [-0.2, -0.15) is 0 Å². The molecule has 2 rings (SSSR count). The number of rotatable bonds is 4. The van der Waals surface area contributed by atoms with Gasteiger partial charge in [-0.3, -0.25) is 9.59 Å². The van der Waals surface area contributed by atoms with Crippen LogP contribution in [-0.4, -0.2) is 16.8 Å². The van der Waals surface area contributed by atoms with Crippen LogP contribution in [0, 0.1) is 19.7 Å². The molecule has 3 N–H and O–H groups in total. The van der Waals surface area contributed by atoms with E-state index in [1.54, 1.807) is 26.0 Å². The highest BCUT2D eigenvalue weighted by atomic mass is 19.1. The number of carbonyl (C=O) groups excluding carboxylic acids is 2. The van der Waals surface area contributed by atoms with E-state index in [-0.39, 0.29) is 23.6 Å². The van der Waals surface area contributed by atoms with Crippen LogP contribution in [0.4, 0.5) is 4.39 Å². The van der Waals surface area contributed by atoms with Crippen LogP contribution >= 0.6 is 0 Å². The quantitative estimate of drug-likeness (QED) is 0.904. The molecule has 0 bridgehead atoms. The van der Waals surface area contributed by atoms with E-state index in [2.05, 4.69) is 10.3 Å². The number of aryl methyl sites for hydroxylation is 2. The van der Waals surface area contributed by atoms with Gasteiger partial charge >= 0.3 is 0 Å². The van der Waals surface area contributed by atoms with Crippen molar-refractivity contribution in [3.63, 3.8) is 0 Å². The minimum absolute atomic E-state index is 0.118. The summed E-state index contributed by atoms with van der Waals surface area (Å²) in [4.78, 5) is 27.4. The maximum absolute atomic E-state index is 13.2. The lowest BCUT2D eigenvalue weighted by molar-refractivity contribution is 0.0945. The normalized spacial score (nSPS) is 10.3. The second-order valence-corrected chi connectivity index (χ2v) is 5.01. The average Bonchev–Trinajstić information content (AvgIpc) is 2.47. The monoisotopic (exact) mass is 301 g/mol. The Labute approximate surface area is 127 Å². The molecule has 0 fully saturated rings. The van der Waals surface area contributed by atoms with Gasteiger partial charge in [-0.25, -0.2) is 9.37 Å². The van der Waals surface area contributed by atoms with Gasteiger partial charge in [-0.15, -0.1) is 0 Å². The van der Waals surface area contributed by atoms with Crippen LogP contribution in [0.3, 0.4) is 0 Å². The van der Waals surface area contributed by atoms with Gasteiger partial charge in [-0.05, 0) is 43.2 Å². The average molecular weight is 301 g/mol. The lowest BCUT2D eigenvalue weighted by atomic mass is 10.1. The molecule has 0 aliphatic heterocycles. The number of pyridine rings is 1. The van der Waals surface area contributed by atoms with Crippen molar-refractivity contribution >= 4 is 11.8 Å². The number of amides is 2. The molecular weight excluding hydrogens is 285 g/mol. The van der Waals surface area contributed by atoms with Gasteiger partial charge in [0, 0.05) is 17.8 Å². The molecule has 0 saturated heterocycles. The first-order valence-electron chi connectivity index (χ1n) is 6.68. The predicted octanol–water partition coefficient (Wildman–Crippen LogP) is 1.87. The van der Waals surface area contributed by atoms with Gasteiger partial charge in [0.25, 0.3) is 5.91 Å². The van der Waals surface area contributed by atoms with Crippen molar-refractivity contribution < 1.29 is 14.0 Å². The largest absolute Gasteiger partial charge is 0.366 e. The first kappa shape index (κ1) is 15.6. The zero-order chi connectivity index (χ0) is 16.3. The number of hydrogen-bond acceptors (Lipinski definition) is 3. The Bertz CT molecular complexity index is 744. The second-order valence-electron chi connectivity index (χ2n) is 5.01. The van der Waals surface area contributed by atoms with E-state index in [0.717, 1.165) is 5.56 Å². The first-order valence-corrected chi connectivity index (χ1v) is 6.68. The molecule has 0 aliphatic rings. The summed E-state index contributed by atoms with van der Waals surface area (Å²) in [5.74, 6) is -1.33. The van der Waals surface area contributed by atoms with Crippen LogP contribution in [0.2, 0.25) is 0 Å². The number of benzene rings is 1. The Hall–Kier alpha value is -2.76. The van der Waals surface area contributed by atoms with E-state index in [9.17, 15) is 14.0 Å². The molecule has 22 heavy (non-hydrogen) atoms. The van der Waals surface area contributed by atoms with Gasteiger partial charge in [0.1, 0.15) is 11.5 Å². The summed E-state index contributed by atoms with van der Waals surface area (Å²) in [6.07, 6.45) is 0. The zero-order valence-corrected chi connectivity index (χ0v) is 12.3. The Balaban J connectivity index is 2.12. The number of nitrogens with zero attached hydrogens (tertiary/aromatic N) is 1. The molecule has 0 atom stereocenters. The molecule has 0 aliphatic carbocycles. The maximum atomic E-state index is 13.2. The molecule has 0 radical (unpaired) electrons. The summed E-state index contributed by atoms with van der Waals surface area (Å²) in [5, 5.41) is 2.68. The summed E-state index contributed by atoms with van der Waals surface area (Å²) in [5.41, 5.74) is 7.37. The maximum Gasteiger partial charge on any atom is 0.270 e. The third kappa shape index (κ3) is 3.66. The molecule has 6 heteroatoms. The Kier molecular flexibility index (Phi) is 4.50. The number of nitrogens with one attached hydrogen (secondary N) is 1. The summed E-state index contributed by atoms with van der Waals surface area (Å²) in [6.45, 7) is 3.57. The van der Waals surface area contributed by atoms with Gasteiger partial charge in [0.15, 0.2) is 0 Å². The summed E-state index contributed by atoms with van der Waals surface area (Å²) in [7, 11) is 0. The van der Waals surface area contributed by atoms with Crippen LogP contribution < -0.4 is 11.1 Å². The fourth-order valence-electron chi connectivity index (χ4n) is 2.02. The highest BCUT2D eigenvalue weighted by molar-refractivity contribution is 5.97. The number of carbonyl (C=O) groups is 2. The smallest absolute Gasteiger partial charge is 0.270 e. The van der Waals surface area contributed by atoms with E-state index < -0.39 is 11.8 Å². The van der Waals surface area contributed by atoms with Crippen LogP contribution in [-0.2, 0) is 6.54 Å². The molecule has 0 unspecified atom stereocenters. The fourth-order valence-corrected chi connectivity index (χ4v) is 2.02. The lowest BCUT2D eigenvalue weighted by Gasteiger charge is -2.08. The molecule has 5 nitrogen and oxygen atoms in total. The van der Waals surface area contributed by atoms with Crippen molar-refractivity contribution in [2.24, 2.45) is 5.73 Å². The zero-order valence-electron chi connectivity index (χ0n) is 12.3. The highest BCUT2D eigenvalue weighted by Gasteiger charge is 2.12. The fraction of sp³-hybridized carbons (Fsp3) is 0.188. The van der Waals surface area contributed by atoms with Crippen LogP contribution in [0.5, 0.6) is 0 Å². The van der Waals surface area contributed by atoms with Gasteiger partial charge in [0.2, 0.25) is 5.91 Å². The topological polar surface area (TPSA) is 85.1 Å². The lowest BCUT2D eigenvalue weighted by Crippen LogP contribution is -2.25. The molecule has 2 amide bonds. The van der Waals surface area contributed by atoms with Gasteiger partial charge < -0.3 is 11.1 Å².